The first-order chi connectivity index (χ1) is 7.72. The van der Waals surface area contributed by atoms with Crippen LogP contribution in [-0.4, -0.2) is 49.6 Å². The summed E-state index contributed by atoms with van der Waals surface area (Å²) in [7, 11) is 0. The van der Waals surface area contributed by atoms with Gasteiger partial charge in [0.1, 0.15) is 0 Å². The van der Waals surface area contributed by atoms with E-state index in [1.807, 2.05) is 0 Å². The van der Waals surface area contributed by atoms with Crippen LogP contribution in [0.15, 0.2) is 0 Å². The van der Waals surface area contributed by atoms with Gasteiger partial charge in [-0.1, -0.05) is 6.92 Å². The Bertz CT molecular complexity index is 200. The molecule has 0 atom stereocenters. The average Bonchev–Trinajstić information content (AvgIpc) is 2.26. The predicted molar refractivity (Wildman–Crippen MR) is 66.4 cm³/mol. The van der Waals surface area contributed by atoms with Crippen LogP contribution in [0.5, 0.6) is 0 Å². The molecule has 1 rings (SSSR count). The lowest BCUT2D eigenvalue weighted by molar-refractivity contribution is -0.119. The number of amides is 1. The van der Waals surface area contributed by atoms with Crippen LogP contribution >= 0.6 is 0 Å². The standard InChI is InChI=1S/C12H25N3O/c1-3-13-7-4-8-15-9-5-12(6-10-15)14-11(2)16/h12-13H,3-10H2,1-2H3,(H,14,16). The van der Waals surface area contributed by atoms with E-state index < -0.39 is 0 Å². The van der Waals surface area contributed by atoms with E-state index in [9.17, 15) is 4.79 Å². The minimum Gasteiger partial charge on any atom is -0.354 e. The third kappa shape index (κ3) is 5.47. The highest BCUT2D eigenvalue weighted by Crippen LogP contribution is 2.10. The van der Waals surface area contributed by atoms with Gasteiger partial charge in [0.05, 0.1) is 0 Å². The zero-order chi connectivity index (χ0) is 11.8. The number of piperidine rings is 1. The van der Waals surface area contributed by atoms with E-state index in [0.717, 1.165) is 39.0 Å². The summed E-state index contributed by atoms with van der Waals surface area (Å²) in [4.78, 5) is 13.4. The quantitative estimate of drug-likeness (QED) is 0.653. The van der Waals surface area contributed by atoms with E-state index >= 15 is 0 Å². The van der Waals surface area contributed by atoms with Crippen molar-refractivity contribution in [2.75, 3.05) is 32.7 Å². The van der Waals surface area contributed by atoms with Crippen molar-refractivity contribution in [3.8, 4) is 0 Å². The number of likely N-dealkylation sites (tertiary alicyclic amines) is 1. The lowest BCUT2D eigenvalue weighted by atomic mass is 10.0. The number of rotatable bonds is 6. The number of carbonyl (C=O) groups excluding carboxylic acids is 1. The molecule has 4 heteroatoms. The second-order valence-corrected chi connectivity index (χ2v) is 4.52. The van der Waals surface area contributed by atoms with Crippen LogP contribution in [0.1, 0.15) is 33.1 Å². The van der Waals surface area contributed by atoms with Crippen LogP contribution in [0.25, 0.3) is 0 Å². The smallest absolute Gasteiger partial charge is 0.217 e. The van der Waals surface area contributed by atoms with Gasteiger partial charge in [0.15, 0.2) is 0 Å². The van der Waals surface area contributed by atoms with E-state index in [-0.39, 0.29) is 5.91 Å². The fourth-order valence-corrected chi connectivity index (χ4v) is 2.19. The molecule has 1 heterocycles. The van der Waals surface area contributed by atoms with Gasteiger partial charge in [-0.3, -0.25) is 4.79 Å². The maximum atomic E-state index is 10.9. The summed E-state index contributed by atoms with van der Waals surface area (Å²) >= 11 is 0. The number of carbonyl (C=O) groups is 1. The molecule has 1 amide bonds. The largest absolute Gasteiger partial charge is 0.354 e. The van der Waals surface area contributed by atoms with E-state index in [4.69, 9.17) is 0 Å². The van der Waals surface area contributed by atoms with Crippen LogP contribution in [0.2, 0.25) is 0 Å². The molecule has 1 aliphatic rings. The van der Waals surface area contributed by atoms with Crippen molar-refractivity contribution in [2.45, 2.75) is 39.2 Å². The summed E-state index contributed by atoms with van der Waals surface area (Å²) in [6.07, 6.45) is 3.42. The van der Waals surface area contributed by atoms with Crippen molar-refractivity contribution in [2.24, 2.45) is 0 Å². The summed E-state index contributed by atoms with van der Waals surface area (Å²) in [5, 5.41) is 6.34. The van der Waals surface area contributed by atoms with E-state index in [2.05, 4.69) is 22.5 Å². The van der Waals surface area contributed by atoms with Gasteiger partial charge in [-0.2, -0.15) is 0 Å². The highest BCUT2D eigenvalue weighted by atomic mass is 16.1. The first-order valence-corrected chi connectivity index (χ1v) is 6.42. The Morgan fingerprint density at radius 1 is 1.38 bits per heavy atom. The molecule has 0 radical (unpaired) electrons. The van der Waals surface area contributed by atoms with Crippen LogP contribution in [0, 0.1) is 0 Å². The predicted octanol–water partition coefficient (Wildman–Crippen LogP) is 0.587. The minimum absolute atomic E-state index is 0.102. The van der Waals surface area contributed by atoms with Gasteiger partial charge >= 0.3 is 0 Å². The third-order valence-corrected chi connectivity index (χ3v) is 3.07. The van der Waals surface area contributed by atoms with Gasteiger partial charge in [0.2, 0.25) is 5.91 Å². The Hall–Kier alpha value is -0.610. The highest BCUT2D eigenvalue weighted by molar-refractivity contribution is 5.73. The van der Waals surface area contributed by atoms with E-state index in [1.54, 1.807) is 6.92 Å². The molecule has 94 valence electrons. The van der Waals surface area contributed by atoms with Gasteiger partial charge < -0.3 is 15.5 Å². The molecule has 0 saturated carbocycles. The summed E-state index contributed by atoms with van der Waals surface area (Å²) in [5.74, 6) is 0.102. The van der Waals surface area contributed by atoms with Crippen molar-refractivity contribution in [3.63, 3.8) is 0 Å². The molecule has 0 spiro atoms. The number of hydrogen-bond donors (Lipinski definition) is 2. The summed E-state index contributed by atoms with van der Waals surface area (Å²) in [6, 6.07) is 0.405. The van der Waals surface area contributed by atoms with Crippen LogP contribution in [0.3, 0.4) is 0 Å². The molecule has 1 fully saturated rings. The van der Waals surface area contributed by atoms with Gasteiger partial charge in [0, 0.05) is 26.1 Å². The first-order valence-electron chi connectivity index (χ1n) is 6.42. The van der Waals surface area contributed by atoms with Crippen molar-refractivity contribution in [1.29, 1.82) is 0 Å². The lowest BCUT2D eigenvalue weighted by Gasteiger charge is -2.32. The average molecular weight is 227 g/mol. The summed E-state index contributed by atoms with van der Waals surface area (Å²) < 4.78 is 0. The van der Waals surface area contributed by atoms with Crippen molar-refractivity contribution in [3.05, 3.63) is 0 Å². The molecular weight excluding hydrogens is 202 g/mol. The van der Waals surface area contributed by atoms with Crippen molar-refractivity contribution < 1.29 is 4.79 Å². The van der Waals surface area contributed by atoms with Crippen molar-refractivity contribution >= 4 is 5.91 Å². The maximum Gasteiger partial charge on any atom is 0.217 e. The second-order valence-electron chi connectivity index (χ2n) is 4.52. The van der Waals surface area contributed by atoms with Gasteiger partial charge in [-0.15, -0.1) is 0 Å². The fraction of sp³-hybridized carbons (Fsp3) is 0.917. The van der Waals surface area contributed by atoms with Crippen LogP contribution < -0.4 is 10.6 Å². The topological polar surface area (TPSA) is 44.4 Å². The summed E-state index contributed by atoms with van der Waals surface area (Å²) in [6.45, 7) is 9.34. The lowest BCUT2D eigenvalue weighted by Crippen LogP contribution is -2.44. The second kappa shape index (κ2) is 7.63. The van der Waals surface area contributed by atoms with Crippen molar-refractivity contribution in [1.82, 2.24) is 15.5 Å². The van der Waals surface area contributed by atoms with E-state index in [1.165, 1.54) is 13.0 Å². The number of nitrogens with zero attached hydrogens (tertiary/aromatic N) is 1. The molecule has 0 aromatic heterocycles. The monoisotopic (exact) mass is 227 g/mol. The third-order valence-electron chi connectivity index (χ3n) is 3.07. The first kappa shape index (κ1) is 13.5. The number of hydrogen-bond acceptors (Lipinski definition) is 3. The maximum absolute atomic E-state index is 10.9. The van der Waals surface area contributed by atoms with Gasteiger partial charge in [-0.25, -0.2) is 0 Å². The van der Waals surface area contributed by atoms with Gasteiger partial charge in [0.25, 0.3) is 0 Å². The number of nitrogens with one attached hydrogen (secondary N) is 2. The molecule has 0 bridgehead atoms. The van der Waals surface area contributed by atoms with Gasteiger partial charge in [-0.05, 0) is 38.9 Å². The Labute approximate surface area is 98.8 Å². The zero-order valence-corrected chi connectivity index (χ0v) is 10.6. The molecule has 0 aromatic carbocycles. The zero-order valence-electron chi connectivity index (χ0n) is 10.6. The molecule has 2 N–H and O–H groups in total. The molecule has 0 unspecified atom stereocenters. The fourth-order valence-electron chi connectivity index (χ4n) is 2.19. The highest BCUT2D eigenvalue weighted by Gasteiger charge is 2.18. The Morgan fingerprint density at radius 2 is 2.06 bits per heavy atom. The molecule has 4 nitrogen and oxygen atoms in total. The Morgan fingerprint density at radius 3 is 2.62 bits per heavy atom. The molecule has 0 aliphatic carbocycles. The minimum atomic E-state index is 0.102. The Kier molecular flexibility index (Phi) is 6.42. The SMILES string of the molecule is CCNCCCN1CCC(NC(C)=O)CC1. The van der Waals surface area contributed by atoms with Crippen LogP contribution in [-0.2, 0) is 4.79 Å². The molecule has 1 aliphatic heterocycles. The molecule has 1 saturated heterocycles. The molecule has 0 aromatic rings. The molecule has 16 heavy (non-hydrogen) atoms. The molecular formula is C12H25N3O. The normalized spacial score (nSPS) is 18.6. The Balaban J connectivity index is 2.05. The van der Waals surface area contributed by atoms with E-state index in [0.29, 0.717) is 6.04 Å². The summed E-state index contributed by atoms with van der Waals surface area (Å²) in [5.41, 5.74) is 0. The van der Waals surface area contributed by atoms with Crippen LogP contribution in [0.4, 0.5) is 0 Å².